The Labute approximate surface area is 103 Å². The fourth-order valence-electron chi connectivity index (χ4n) is 2.65. The van der Waals surface area contributed by atoms with Crippen LogP contribution in [0.25, 0.3) is 0 Å². The SMILES string of the molecule is Cc1cc(NC(C)C2CCCCC2)nc(N)n1. The van der Waals surface area contributed by atoms with E-state index in [1.807, 2.05) is 13.0 Å². The fraction of sp³-hybridized carbons (Fsp3) is 0.692. The number of hydrogen-bond donors (Lipinski definition) is 2. The maximum Gasteiger partial charge on any atom is 0.222 e. The smallest absolute Gasteiger partial charge is 0.222 e. The molecule has 0 aliphatic heterocycles. The second kappa shape index (κ2) is 5.34. The number of hydrogen-bond acceptors (Lipinski definition) is 4. The zero-order chi connectivity index (χ0) is 12.3. The number of nitrogens with two attached hydrogens (primary N) is 1. The van der Waals surface area contributed by atoms with E-state index in [4.69, 9.17) is 5.73 Å². The Kier molecular flexibility index (Phi) is 3.82. The molecule has 1 saturated carbocycles. The van der Waals surface area contributed by atoms with Crippen molar-refractivity contribution in [2.24, 2.45) is 5.92 Å². The Hall–Kier alpha value is -1.32. The molecule has 0 saturated heterocycles. The first-order valence-corrected chi connectivity index (χ1v) is 6.53. The van der Waals surface area contributed by atoms with Gasteiger partial charge >= 0.3 is 0 Å². The molecule has 0 spiro atoms. The molecule has 1 aromatic rings. The molecule has 2 rings (SSSR count). The summed E-state index contributed by atoms with van der Waals surface area (Å²) in [6.07, 6.45) is 6.77. The van der Waals surface area contributed by atoms with Gasteiger partial charge in [0.2, 0.25) is 5.95 Å². The Morgan fingerprint density at radius 2 is 2.00 bits per heavy atom. The molecule has 1 aliphatic carbocycles. The van der Waals surface area contributed by atoms with Crippen molar-refractivity contribution in [3.8, 4) is 0 Å². The Balaban J connectivity index is 1.99. The van der Waals surface area contributed by atoms with Gasteiger partial charge in [0.15, 0.2) is 0 Å². The molecule has 0 aromatic carbocycles. The number of aromatic nitrogens is 2. The van der Waals surface area contributed by atoms with E-state index in [1.165, 1.54) is 32.1 Å². The zero-order valence-corrected chi connectivity index (χ0v) is 10.7. The van der Waals surface area contributed by atoms with Gasteiger partial charge in [0.25, 0.3) is 0 Å². The summed E-state index contributed by atoms with van der Waals surface area (Å²) < 4.78 is 0. The zero-order valence-electron chi connectivity index (χ0n) is 10.7. The van der Waals surface area contributed by atoms with Crippen molar-refractivity contribution >= 4 is 11.8 Å². The van der Waals surface area contributed by atoms with E-state index in [0.29, 0.717) is 12.0 Å². The number of nitrogens with one attached hydrogen (secondary N) is 1. The van der Waals surface area contributed by atoms with Gasteiger partial charge in [-0.25, -0.2) is 4.98 Å². The molecule has 4 nitrogen and oxygen atoms in total. The number of rotatable bonds is 3. The Morgan fingerprint density at radius 1 is 1.29 bits per heavy atom. The molecular formula is C13H22N4. The largest absolute Gasteiger partial charge is 0.368 e. The van der Waals surface area contributed by atoms with Crippen LogP contribution in [0.5, 0.6) is 0 Å². The van der Waals surface area contributed by atoms with Gasteiger partial charge in [-0.3, -0.25) is 0 Å². The second-order valence-corrected chi connectivity index (χ2v) is 5.08. The Bertz CT molecular complexity index is 351. The quantitative estimate of drug-likeness (QED) is 0.844. The number of aryl methyl sites for hydroxylation is 1. The van der Waals surface area contributed by atoms with E-state index in [1.54, 1.807) is 0 Å². The van der Waals surface area contributed by atoms with Crippen LogP contribution in [0.1, 0.15) is 44.7 Å². The predicted molar refractivity (Wildman–Crippen MR) is 70.8 cm³/mol. The average molecular weight is 234 g/mol. The van der Waals surface area contributed by atoms with Crippen LogP contribution in [-0.2, 0) is 0 Å². The summed E-state index contributed by atoms with van der Waals surface area (Å²) in [6, 6.07) is 2.42. The lowest BCUT2D eigenvalue weighted by Gasteiger charge is -2.28. The third kappa shape index (κ3) is 3.32. The topological polar surface area (TPSA) is 63.8 Å². The van der Waals surface area contributed by atoms with Crippen molar-refractivity contribution in [1.82, 2.24) is 9.97 Å². The lowest BCUT2D eigenvalue weighted by molar-refractivity contribution is 0.328. The standard InChI is InChI=1S/C13H22N4/c1-9-8-12(17-13(14)15-9)16-10(2)11-6-4-3-5-7-11/h8,10-11H,3-7H2,1-2H3,(H3,14,15,16,17). The van der Waals surface area contributed by atoms with E-state index in [9.17, 15) is 0 Å². The number of anilines is 2. The van der Waals surface area contributed by atoms with E-state index in [2.05, 4.69) is 22.2 Å². The van der Waals surface area contributed by atoms with Gasteiger partial charge in [0.05, 0.1) is 0 Å². The van der Waals surface area contributed by atoms with Crippen LogP contribution in [0.2, 0.25) is 0 Å². The first-order chi connectivity index (χ1) is 8.15. The highest BCUT2D eigenvalue weighted by Crippen LogP contribution is 2.27. The van der Waals surface area contributed by atoms with Crippen LogP contribution in [0, 0.1) is 12.8 Å². The summed E-state index contributed by atoms with van der Waals surface area (Å²) in [4.78, 5) is 8.31. The molecule has 1 fully saturated rings. The minimum Gasteiger partial charge on any atom is -0.368 e. The predicted octanol–water partition coefficient (Wildman–Crippen LogP) is 2.75. The van der Waals surface area contributed by atoms with Crippen LogP contribution >= 0.6 is 0 Å². The molecule has 0 bridgehead atoms. The molecule has 4 heteroatoms. The third-order valence-corrected chi connectivity index (χ3v) is 3.60. The van der Waals surface area contributed by atoms with Crippen molar-refractivity contribution in [2.45, 2.75) is 52.0 Å². The monoisotopic (exact) mass is 234 g/mol. The molecular weight excluding hydrogens is 212 g/mol. The Morgan fingerprint density at radius 3 is 2.65 bits per heavy atom. The van der Waals surface area contributed by atoms with Gasteiger partial charge in [-0.2, -0.15) is 4.98 Å². The van der Waals surface area contributed by atoms with Crippen LogP contribution in [0.4, 0.5) is 11.8 Å². The average Bonchev–Trinajstić information content (AvgIpc) is 2.28. The van der Waals surface area contributed by atoms with Crippen LogP contribution in [-0.4, -0.2) is 16.0 Å². The molecule has 0 amide bonds. The number of nitrogens with zero attached hydrogens (tertiary/aromatic N) is 2. The maximum atomic E-state index is 5.65. The van der Waals surface area contributed by atoms with E-state index < -0.39 is 0 Å². The molecule has 94 valence electrons. The van der Waals surface area contributed by atoms with Crippen molar-refractivity contribution < 1.29 is 0 Å². The molecule has 0 radical (unpaired) electrons. The summed E-state index contributed by atoms with van der Waals surface area (Å²) in [6.45, 7) is 4.18. The maximum absolute atomic E-state index is 5.65. The minimum atomic E-state index is 0.350. The molecule has 3 N–H and O–H groups in total. The molecule has 1 atom stereocenters. The summed E-state index contributed by atoms with van der Waals surface area (Å²) in [7, 11) is 0. The molecule has 17 heavy (non-hydrogen) atoms. The van der Waals surface area contributed by atoms with Crippen LogP contribution in [0.3, 0.4) is 0 Å². The van der Waals surface area contributed by atoms with Gasteiger partial charge in [-0.05, 0) is 32.6 Å². The highest BCUT2D eigenvalue weighted by Gasteiger charge is 2.20. The second-order valence-electron chi connectivity index (χ2n) is 5.08. The van der Waals surface area contributed by atoms with Gasteiger partial charge in [-0.1, -0.05) is 19.3 Å². The normalized spacial score (nSPS) is 18.9. The van der Waals surface area contributed by atoms with Crippen molar-refractivity contribution in [2.75, 3.05) is 11.1 Å². The van der Waals surface area contributed by atoms with E-state index >= 15 is 0 Å². The summed E-state index contributed by atoms with van der Waals surface area (Å²) in [5.74, 6) is 1.97. The molecule has 1 heterocycles. The molecule has 1 aromatic heterocycles. The summed E-state index contributed by atoms with van der Waals surface area (Å²) in [5, 5.41) is 3.46. The van der Waals surface area contributed by atoms with Crippen molar-refractivity contribution in [3.63, 3.8) is 0 Å². The lowest BCUT2D eigenvalue weighted by Crippen LogP contribution is -2.28. The van der Waals surface area contributed by atoms with Gasteiger partial charge < -0.3 is 11.1 Å². The van der Waals surface area contributed by atoms with E-state index in [-0.39, 0.29) is 0 Å². The highest BCUT2D eigenvalue weighted by molar-refractivity contribution is 5.41. The van der Waals surface area contributed by atoms with Crippen molar-refractivity contribution in [1.29, 1.82) is 0 Å². The summed E-state index contributed by atoms with van der Waals surface area (Å²) >= 11 is 0. The third-order valence-electron chi connectivity index (χ3n) is 3.60. The molecule has 1 unspecified atom stereocenters. The fourth-order valence-corrected chi connectivity index (χ4v) is 2.65. The van der Waals surface area contributed by atoms with Crippen LogP contribution < -0.4 is 11.1 Å². The minimum absolute atomic E-state index is 0.350. The number of nitrogen functional groups attached to an aromatic ring is 1. The first kappa shape index (κ1) is 12.1. The van der Waals surface area contributed by atoms with Gasteiger partial charge in [0, 0.05) is 17.8 Å². The summed E-state index contributed by atoms with van der Waals surface area (Å²) in [5.41, 5.74) is 6.56. The first-order valence-electron chi connectivity index (χ1n) is 6.53. The highest BCUT2D eigenvalue weighted by atomic mass is 15.1. The van der Waals surface area contributed by atoms with Gasteiger partial charge in [-0.15, -0.1) is 0 Å². The van der Waals surface area contributed by atoms with Gasteiger partial charge in [0.1, 0.15) is 5.82 Å². The lowest BCUT2D eigenvalue weighted by atomic mass is 9.84. The molecule has 1 aliphatic rings. The van der Waals surface area contributed by atoms with Crippen LogP contribution in [0.15, 0.2) is 6.07 Å². The van der Waals surface area contributed by atoms with E-state index in [0.717, 1.165) is 17.4 Å². The van der Waals surface area contributed by atoms with Crippen molar-refractivity contribution in [3.05, 3.63) is 11.8 Å².